The second-order valence-corrected chi connectivity index (χ2v) is 5.50. The highest BCUT2D eigenvalue weighted by Crippen LogP contribution is 2.36. The van der Waals surface area contributed by atoms with Gasteiger partial charge in [-0.25, -0.2) is 14.4 Å². The number of ether oxygens (including phenoxy) is 1. The van der Waals surface area contributed by atoms with Crippen LogP contribution in [0.3, 0.4) is 0 Å². The minimum Gasteiger partial charge on any atom is -0.421 e. The summed E-state index contributed by atoms with van der Waals surface area (Å²) in [5, 5.41) is 5.99. The Morgan fingerprint density at radius 1 is 1.25 bits per heavy atom. The lowest BCUT2D eigenvalue weighted by molar-refractivity contribution is 0.357. The molecule has 0 unspecified atom stereocenters. The summed E-state index contributed by atoms with van der Waals surface area (Å²) in [5.41, 5.74) is 8.08. The van der Waals surface area contributed by atoms with Gasteiger partial charge in [0, 0.05) is 31.3 Å². The molecule has 7 heteroatoms. The second kappa shape index (κ2) is 7.16. The van der Waals surface area contributed by atoms with Crippen LogP contribution in [0.5, 0.6) is 6.01 Å². The third-order valence-electron chi connectivity index (χ3n) is 3.99. The zero-order chi connectivity index (χ0) is 16.9. The monoisotopic (exact) mass is 329 g/mol. The molecule has 1 aromatic heterocycles. The summed E-state index contributed by atoms with van der Waals surface area (Å²) < 4.78 is 20.8. The molecule has 2 heterocycles. The molecule has 1 aliphatic carbocycles. The van der Waals surface area contributed by atoms with E-state index >= 15 is 4.39 Å². The van der Waals surface area contributed by atoms with Crippen LogP contribution in [0, 0.1) is 0 Å². The molecular formula is C17H20FN5O. The molecule has 0 bridgehead atoms. The molecule has 0 spiro atoms. The van der Waals surface area contributed by atoms with Crippen molar-refractivity contribution in [1.82, 2.24) is 20.6 Å². The first-order chi connectivity index (χ1) is 11.7. The Morgan fingerprint density at radius 3 is 2.79 bits per heavy atom. The minimum absolute atomic E-state index is 0.145. The molecule has 126 valence electrons. The average Bonchev–Trinajstić information content (AvgIpc) is 2.82. The summed E-state index contributed by atoms with van der Waals surface area (Å²) in [6.07, 6.45) is 8.60. The first-order valence-corrected chi connectivity index (χ1v) is 7.90. The van der Waals surface area contributed by atoms with E-state index in [9.17, 15) is 0 Å². The lowest BCUT2D eigenvalue weighted by atomic mass is 9.90. The molecular weight excluding hydrogens is 309 g/mol. The molecule has 3 rings (SSSR count). The quantitative estimate of drug-likeness (QED) is 0.786. The smallest absolute Gasteiger partial charge is 0.321 e. The van der Waals surface area contributed by atoms with Crippen molar-refractivity contribution in [2.24, 2.45) is 5.73 Å². The Morgan fingerprint density at radius 2 is 2.04 bits per heavy atom. The van der Waals surface area contributed by atoms with Gasteiger partial charge in [0.2, 0.25) is 0 Å². The molecule has 24 heavy (non-hydrogen) atoms. The minimum atomic E-state index is -0.360. The molecule has 6 nitrogen and oxygen atoms in total. The molecule has 2 aliphatic rings. The molecule has 0 atom stereocenters. The van der Waals surface area contributed by atoms with Gasteiger partial charge in [-0.1, -0.05) is 6.92 Å². The number of nitrogens with one attached hydrogen (secondary N) is 2. The van der Waals surface area contributed by atoms with Crippen LogP contribution in [0.2, 0.25) is 0 Å². The number of aromatic nitrogens is 2. The van der Waals surface area contributed by atoms with E-state index in [1.54, 1.807) is 30.9 Å². The largest absolute Gasteiger partial charge is 0.421 e. The van der Waals surface area contributed by atoms with Crippen LogP contribution in [0.4, 0.5) is 4.39 Å². The molecule has 0 radical (unpaired) electrons. The van der Waals surface area contributed by atoms with Crippen molar-refractivity contribution in [2.75, 3.05) is 6.54 Å². The lowest BCUT2D eigenvalue weighted by Gasteiger charge is -2.22. The van der Waals surface area contributed by atoms with E-state index < -0.39 is 0 Å². The molecule has 4 N–H and O–H groups in total. The van der Waals surface area contributed by atoms with E-state index in [-0.39, 0.29) is 17.6 Å². The number of nitrogens with zero attached hydrogens (tertiary/aromatic N) is 2. The van der Waals surface area contributed by atoms with Crippen molar-refractivity contribution < 1.29 is 9.13 Å². The first-order valence-electron chi connectivity index (χ1n) is 7.90. The number of halogens is 1. The summed E-state index contributed by atoms with van der Waals surface area (Å²) in [7, 11) is 0. The van der Waals surface area contributed by atoms with E-state index in [1.165, 1.54) is 0 Å². The predicted octanol–water partition coefficient (Wildman–Crippen LogP) is 2.37. The summed E-state index contributed by atoms with van der Waals surface area (Å²) in [6, 6.07) is 1.83. The fraction of sp³-hybridized carbons (Fsp3) is 0.294. The third kappa shape index (κ3) is 3.40. The van der Waals surface area contributed by atoms with Crippen LogP contribution in [0.25, 0.3) is 0 Å². The standard InChI is InChI=1S/C17H20FN5O/c1-2-11-4-5-13(12-8-20-10-14(19)23-9-12)15(18)16(11)24-17-21-6-3-7-22-17/h3,6-8,10,20,23H,2,4-5,9,19H2,1H3. The lowest BCUT2D eigenvalue weighted by Crippen LogP contribution is -2.23. The molecule has 1 aliphatic heterocycles. The number of allylic oxidation sites excluding steroid dienone is 2. The zero-order valence-electron chi connectivity index (χ0n) is 13.5. The van der Waals surface area contributed by atoms with Gasteiger partial charge in [0.05, 0.1) is 0 Å². The predicted molar refractivity (Wildman–Crippen MR) is 88.8 cm³/mol. The Bertz CT molecular complexity index is 737. The zero-order valence-corrected chi connectivity index (χ0v) is 13.5. The first kappa shape index (κ1) is 16.0. The summed E-state index contributed by atoms with van der Waals surface area (Å²) >= 11 is 0. The number of hydrogen-bond donors (Lipinski definition) is 3. The van der Waals surface area contributed by atoms with E-state index in [2.05, 4.69) is 20.6 Å². The highest BCUT2D eigenvalue weighted by atomic mass is 19.1. The fourth-order valence-electron chi connectivity index (χ4n) is 2.70. The van der Waals surface area contributed by atoms with Crippen LogP contribution in [-0.2, 0) is 0 Å². The van der Waals surface area contributed by atoms with Gasteiger partial charge in [0.25, 0.3) is 0 Å². The fourth-order valence-corrected chi connectivity index (χ4v) is 2.70. The van der Waals surface area contributed by atoms with E-state index in [4.69, 9.17) is 10.5 Å². The Hall–Kier alpha value is -2.83. The molecule has 0 amide bonds. The van der Waals surface area contributed by atoms with Crippen LogP contribution < -0.4 is 21.1 Å². The molecule has 0 saturated heterocycles. The topological polar surface area (TPSA) is 85.1 Å². The SMILES string of the molecule is CCC1=C(Oc2ncccn2)C(F)=C(C2=CNC=C(N)NC2)CC1. The van der Waals surface area contributed by atoms with E-state index in [1.807, 2.05) is 6.92 Å². The highest BCUT2D eigenvalue weighted by molar-refractivity contribution is 5.46. The van der Waals surface area contributed by atoms with Gasteiger partial charge in [0.1, 0.15) is 5.82 Å². The summed E-state index contributed by atoms with van der Waals surface area (Å²) in [5.74, 6) is 0.383. The van der Waals surface area contributed by atoms with Gasteiger partial charge in [-0.05, 0) is 42.0 Å². The van der Waals surface area contributed by atoms with Crippen molar-refractivity contribution >= 4 is 0 Å². The Labute approximate surface area is 140 Å². The van der Waals surface area contributed by atoms with Crippen molar-refractivity contribution in [3.8, 4) is 6.01 Å². The van der Waals surface area contributed by atoms with Gasteiger partial charge in [-0.2, -0.15) is 0 Å². The number of hydrogen-bond acceptors (Lipinski definition) is 6. The normalized spacial score (nSPS) is 18.2. The molecule has 0 saturated carbocycles. The summed E-state index contributed by atoms with van der Waals surface area (Å²) in [6.45, 7) is 2.44. The average molecular weight is 329 g/mol. The van der Waals surface area contributed by atoms with E-state index in [0.29, 0.717) is 30.8 Å². The van der Waals surface area contributed by atoms with Crippen LogP contribution in [-0.4, -0.2) is 16.5 Å². The van der Waals surface area contributed by atoms with Gasteiger partial charge in [-0.3, -0.25) is 0 Å². The maximum Gasteiger partial charge on any atom is 0.321 e. The van der Waals surface area contributed by atoms with Crippen molar-refractivity contribution in [2.45, 2.75) is 26.2 Å². The van der Waals surface area contributed by atoms with Gasteiger partial charge < -0.3 is 21.1 Å². The van der Waals surface area contributed by atoms with Crippen LogP contribution in [0.15, 0.2) is 65.0 Å². The van der Waals surface area contributed by atoms with Gasteiger partial charge in [-0.15, -0.1) is 0 Å². The highest BCUT2D eigenvalue weighted by Gasteiger charge is 2.26. The van der Waals surface area contributed by atoms with Crippen molar-refractivity contribution in [3.05, 3.63) is 65.0 Å². The number of rotatable bonds is 4. The molecule has 0 fully saturated rings. The third-order valence-corrected chi connectivity index (χ3v) is 3.99. The maximum absolute atomic E-state index is 15.1. The maximum atomic E-state index is 15.1. The van der Waals surface area contributed by atoms with Crippen LogP contribution >= 0.6 is 0 Å². The Balaban J connectivity index is 1.92. The van der Waals surface area contributed by atoms with Crippen molar-refractivity contribution in [3.63, 3.8) is 0 Å². The Kier molecular flexibility index (Phi) is 4.79. The van der Waals surface area contributed by atoms with E-state index in [0.717, 1.165) is 17.6 Å². The van der Waals surface area contributed by atoms with Crippen LogP contribution in [0.1, 0.15) is 26.2 Å². The van der Waals surface area contributed by atoms with Gasteiger partial charge >= 0.3 is 6.01 Å². The van der Waals surface area contributed by atoms with Crippen molar-refractivity contribution in [1.29, 1.82) is 0 Å². The van der Waals surface area contributed by atoms with Gasteiger partial charge in [0.15, 0.2) is 11.6 Å². The second-order valence-electron chi connectivity index (χ2n) is 5.50. The molecule has 1 aromatic rings. The molecule has 0 aromatic carbocycles. The number of nitrogens with two attached hydrogens (primary N) is 1. The summed E-state index contributed by atoms with van der Waals surface area (Å²) in [4.78, 5) is 8.04.